The molecule has 0 aromatic carbocycles. The van der Waals surface area contributed by atoms with E-state index in [0.29, 0.717) is 12.1 Å². The number of nitrogens with one attached hydrogen (secondary N) is 3. The second-order valence-corrected chi connectivity index (χ2v) is 3.79. The molecule has 4 nitrogen and oxygen atoms in total. The number of hydrogen-bond acceptors (Lipinski definition) is 3. The fourth-order valence-corrected chi connectivity index (χ4v) is 1.94. The number of rotatable bonds is 4. The van der Waals surface area contributed by atoms with Crippen LogP contribution in [0.5, 0.6) is 0 Å². The summed E-state index contributed by atoms with van der Waals surface area (Å²) in [7, 11) is 0. The zero-order chi connectivity index (χ0) is 9.80. The van der Waals surface area contributed by atoms with Crippen LogP contribution >= 0.6 is 0 Å². The SMILES string of the molecule is CCC(NC1CCNC1)c1ncc[nH]1. The highest BCUT2D eigenvalue weighted by Crippen LogP contribution is 2.13. The van der Waals surface area contributed by atoms with Gasteiger partial charge in [0.2, 0.25) is 0 Å². The van der Waals surface area contributed by atoms with Gasteiger partial charge in [0, 0.05) is 25.0 Å². The summed E-state index contributed by atoms with van der Waals surface area (Å²) in [5.41, 5.74) is 0. The first kappa shape index (κ1) is 9.68. The van der Waals surface area contributed by atoms with Gasteiger partial charge in [-0.05, 0) is 19.4 Å². The summed E-state index contributed by atoms with van der Waals surface area (Å²) in [5.74, 6) is 1.06. The van der Waals surface area contributed by atoms with Crippen molar-refractivity contribution in [1.82, 2.24) is 20.6 Å². The molecule has 2 unspecified atom stereocenters. The maximum absolute atomic E-state index is 4.29. The van der Waals surface area contributed by atoms with Crippen molar-refractivity contribution in [2.45, 2.75) is 31.8 Å². The molecule has 0 radical (unpaired) electrons. The maximum atomic E-state index is 4.29. The monoisotopic (exact) mass is 194 g/mol. The Morgan fingerprint density at radius 1 is 1.71 bits per heavy atom. The smallest absolute Gasteiger partial charge is 0.123 e. The first-order valence-electron chi connectivity index (χ1n) is 5.36. The van der Waals surface area contributed by atoms with Gasteiger partial charge in [-0.25, -0.2) is 4.98 Å². The molecule has 1 aromatic rings. The number of hydrogen-bond donors (Lipinski definition) is 3. The van der Waals surface area contributed by atoms with Gasteiger partial charge >= 0.3 is 0 Å². The number of aromatic nitrogens is 2. The van der Waals surface area contributed by atoms with Gasteiger partial charge in [-0.1, -0.05) is 6.92 Å². The molecule has 0 amide bonds. The quantitative estimate of drug-likeness (QED) is 0.665. The highest BCUT2D eigenvalue weighted by atomic mass is 15.1. The van der Waals surface area contributed by atoms with E-state index < -0.39 is 0 Å². The van der Waals surface area contributed by atoms with Crippen LogP contribution in [0.2, 0.25) is 0 Å². The Labute approximate surface area is 84.5 Å². The van der Waals surface area contributed by atoms with Crippen LogP contribution in [0.25, 0.3) is 0 Å². The Hall–Kier alpha value is -0.870. The van der Waals surface area contributed by atoms with E-state index >= 15 is 0 Å². The fraction of sp³-hybridized carbons (Fsp3) is 0.700. The maximum Gasteiger partial charge on any atom is 0.123 e. The minimum Gasteiger partial charge on any atom is -0.347 e. The normalized spacial score (nSPS) is 23.9. The zero-order valence-electron chi connectivity index (χ0n) is 8.59. The molecule has 1 aliphatic heterocycles. The molecule has 0 spiro atoms. The molecule has 14 heavy (non-hydrogen) atoms. The van der Waals surface area contributed by atoms with E-state index in [1.54, 1.807) is 0 Å². The molecule has 1 fully saturated rings. The predicted octanol–water partition coefficient (Wildman–Crippen LogP) is 0.812. The second-order valence-electron chi connectivity index (χ2n) is 3.79. The number of imidazole rings is 1. The Morgan fingerprint density at radius 3 is 3.21 bits per heavy atom. The summed E-state index contributed by atoms with van der Waals surface area (Å²) in [6, 6.07) is 0.972. The van der Waals surface area contributed by atoms with Gasteiger partial charge in [-0.3, -0.25) is 0 Å². The first-order valence-corrected chi connectivity index (χ1v) is 5.36. The van der Waals surface area contributed by atoms with Crippen molar-refractivity contribution in [2.75, 3.05) is 13.1 Å². The fourth-order valence-electron chi connectivity index (χ4n) is 1.94. The topological polar surface area (TPSA) is 52.7 Å². The Balaban J connectivity index is 1.93. The molecular weight excluding hydrogens is 176 g/mol. The van der Waals surface area contributed by atoms with Crippen LogP contribution in [0.3, 0.4) is 0 Å². The number of H-pyrrole nitrogens is 1. The van der Waals surface area contributed by atoms with Crippen molar-refractivity contribution >= 4 is 0 Å². The lowest BCUT2D eigenvalue weighted by molar-refractivity contribution is 0.431. The first-order chi connectivity index (χ1) is 6.90. The van der Waals surface area contributed by atoms with Crippen LogP contribution in [-0.2, 0) is 0 Å². The van der Waals surface area contributed by atoms with E-state index in [-0.39, 0.29) is 0 Å². The van der Waals surface area contributed by atoms with Crippen LogP contribution < -0.4 is 10.6 Å². The number of nitrogens with zero attached hydrogens (tertiary/aromatic N) is 1. The molecule has 78 valence electrons. The largest absolute Gasteiger partial charge is 0.347 e. The van der Waals surface area contributed by atoms with E-state index in [4.69, 9.17) is 0 Å². The van der Waals surface area contributed by atoms with Crippen molar-refractivity contribution in [3.63, 3.8) is 0 Å². The zero-order valence-corrected chi connectivity index (χ0v) is 8.59. The average Bonchev–Trinajstić information content (AvgIpc) is 2.86. The van der Waals surface area contributed by atoms with E-state index in [0.717, 1.165) is 25.3 Å². The Morgan fingerprint density at radius 2 is 2.64 bits per heavy atom. The third kappa shape index (κ3) is 2.13. The standard InChI is InChI=1S/C10H18N4/c1-2-9(10-12-5-6-13-10)14-8-3-4-11-7-8/h5-6,8-9,11,14H,2-4,7H2,1H3,(H,12,13). The van der Waals surface area contributed by atoms with Crippen molar-refractivity contribution in [3.05, 3.63) is 18.2 Å². The van der Waals surface area contributed by atoms with E-state index in [1.165, 1.54) is 6.42 Å². The van der Waals surface area contributed by atoms with E-state index in [9.17, 15) is 0 Å². The van der Waals surface area contributed by atoms with E-state index in [1.807, 2.05) is 12.4 Å². The third-order valence-electron chi connectivity index (χ3n) is 2.75. The lowest BCUT2D eigenvalue weighted by atomic mass is 10.1. The summed E-state index contributed by atoms with van der Waals surface area (Å²) in [6.07, 6.45) is 5.99. The van der Waals surface area contributed by atoms with Gasteiger partial charge in [0.15, 0.2) is 0 Å². The van der Waals surface area contributed by atoms with E-state index in [2.05, 4.69) is 27.5 Å². The summed E-state index contributed by atoms with van der Waals surface area (Å²) >= 11 is 0. The van der Waals surface area contributed by atoms with Crippen molar-refractivity contribution in [2.24, 2.45) is 0 Å². The minimum atomic E-state index is 0.370. The van der Waals surface area contributed by atoms with Gasteiger partial charge in [0.05, 0.1) is 6.04 Å². The molecule has 0 aliphatic carbocycles. The number of aromatic amines is 1. The molecular formula is C10H18N4. The van der Waals surface area contributed by atoms with Crippen LogP contribution in [-0.4, -0.2) is 29.1 Å². The molecule has 1 saturated heterocycles. The summed E-state index contributed by atoms with van der Waals surface area (Å²) < 4.78 is 0. The van der Waals surface area contributed by atoms with Gasteiger partial charge in [-0.2, -0.15) is 0 Å². The second kappa shape index (κ2) is 4.57. The summed E-state index contributed by atoms with van der Waals surface area (Å²) in [6.45, 7) is 4.39. The molecule has 2 rings (SSSR count). The molecule has 4 heteroatoms. The summed E-state index contributed by atoms with van der Waals surface area (Å²) in [5, 5.41) is 6.97. The molecule has 1 aromatic heterocycles. The van der Waals surface area contributed by atoms with Gasteiger partial charge in [0.1, 0.15) is 5.82 Å². The van der Waals surface area contributed by atoms with Crippen molar-refractivity contribution in [3.8, 4) is 0 Å². The van der Waals surface area contributed by atoms with Crippen LogP contribution in [0.4, 0.5) is 0 Å². The van der Waals surface area contributed by atoms with Crippen LogP contribution in [0.1, 0.15) is 31.6 Å². The average molecular weight is 194 g/mol. The van der Waals surface area contributed by atoms with Crippen LogP contribution in [0, 0.1) is 0 Å². The molecule has 1 aliphatic rings. The minimum absolute atomic E-state index is 0.370. The van der Waals surface area contributed by atoms with Gasteiger partial charge < -0.3 is 15.6 Å². The summed E-state index contributed by atoms with van der Waals surface area (Å²) in [4.78, 5) is 7.46. The molecule has 0 saturated carbocycles. The molecule has 2 atom stereocenters. The van der Waals surface area contributed by atoms with Gasteiger partial charge in [-0.15, -0.1) is 0 Å². The molecule has 2 heterocycles. The lowest BCUT2D eigenvalue weighted by Crippen LogP contribution is -2.34. The molecule has 3 N–H and O–H groups in total. The third-order valence-corrected chi connectivity index (χ3v) is 2.75. The predicted molar refractivity (Wildman–Crippen MR) is 56.0 cm³/mol. The lowest BCUT2D eigenvalue weighted by Gasteiger charge is -2.19. The Kier molecular flexibility index (Phi) is 3.16. The Bertz CT molecular complexity index is 251. The van der Waals surface area contributed by atoms with Crippen molar-refractivity contribution in [1.29, 1.82) is 0 Å². The highest BCUT2D eigenvalue weighted by molar-refractivity contribution is 4.97. The van der Waals surface area contributed by atoms with Gasteiger partial charge in [0.25, 0.3) is 0 Å². The van der Waals surface area contributed by atoms with Crippen LogP contribution in [0.15, 0.2) is 12.4 Å². The highest BCUT2D eigenvalue weighted by Gasteiger charge is 2.19. The molecule has 0 bridgehead atoms. The van der Waals surface area contributed by atoms with Crippen molar-refractivity contribution < 1.29 is 0 Å².